The van der Waals surface area contributed by atoms with Gasteiger partial charge >= 0.3 is 0 Å². The van der Waals surface area contributed by atoms with Crippen LogP contribution in [0.5, 0.6) is 11.5 Å². The van der Waals surface area contributed by atoms with Crippen LogP contribution < -0.4 is 14.8 Å². The maximum absolute atomic E-state index is 12.1. The van der Waals surface area contributed by atoms with Gasteiger partial charge in [-0.05, 0) is 42.3 Å². The fourth-order valence-electron chi connectivity index (χ4n) is 2.83. The summed E-state index contributed by atoms with van der Waals surface area (Å²) in [4.78, 5) is 12.1. The maximum atomic E-state index is 12.1. The number of nitrogens with one attached hydrogen (secondary N) is 1. The summed E-state index contributed by atoms with van der Waals surface area (Å²) in [6.45, 7) is 0.554. The normalized spacial score (nSPS) is 10.4. The molecule has 1 aromatic heterocycles. The van der Waals surface area contributed by atoms with Gasteiger partial charge in [-0.15, -0.1) is 10.2 Å². The Kier molecular flexibility index (Phi) is 7.47. The molecule has 0 saturated heterocycles. The molecule has 0 saturated carbocycles. The number of ether oxygens (including phenoxy) is 2. The number of amides is 1. The Bertz CT molecular complexity index is 948. The SMILES string of the molecule is COc1ccccc1CCNC(=O)CSc1ccc(-c2ccccc2OC)nn1. The van der Waals surface area contributed by atoms with Crippen LogP contribution in [0.3, 0.4) is 0 Å². The quantitative estimate of drug-likeness (QED) is 0.544. The Balaban J connectivity index is 1.48. The summed E-state index contributed by atoms with van der Waals surface area (Å²) < 4.78 is 10.7. The molecule has 3 rings (SSSR count). The van der Waals surface area contributed by atoms with E-state index in [1.54, 1.807) is 14.2 Å². The molecule has 3 aromatic rings. The lowest BCUT2D eigenvalue weighted by Gasteiger charge is -2.09. The molecule has 29 heavy (non-hydrogen) atoms. The molecule has 7 heteroatoms. The summed E-state index contributed by atoms with van der Waals surface area (Å²) >= 11 is 1.35. The molecule has 0 fully saturated rings. The summed E-state index contributed by atoms with van der Waals surface area (Å²) in [6, 6.07) is 19.2. The van der Waals surface area contributed by atoms with Crippen LogP contribution >= 0.6 is 11.8 Å². The van der Waals surface area contributed by atoms with Crippen molar-refractivity contribution in [1.29, 1.82) is 0 Å². The van der Waals surface area contributed by atoms with Crippen LogP contribution in [0.2, 0.25) is 0 Å². The first-order valence-corrected chi connectivity index (χ1v) is 10.2. The number of rotatable bonds is 9. The van der Waals surface area contributed by atoms with E-state index in [-0.39, 0.29) is 11.7 Å². The van der Waals surface area contributed by atoms with Crippen molar-refractivity contribution < 1.29 is 14.3 Å². The van der Waals surface area contributed by atoms with Crippen LogP contribution in [0, 0.1) is 0 Å². The molecule has 0 aliphatic carbocycles. The van der Waals surface area contributed by atoms with Crippen molar-refractivity contribution in [2.45, 2.75) is 11.4 Å². The Labute approximate surface area is 174 Å². The lowest BCUT2D eigenvalue weighted by atomic mass is 10.1. The van der Waals surface area contributed by atoms with E-state index in [0.29, 0.717) is 18.0 Å². The van der Waals surface area contributed by atoms with Crippen molar-refractivity contribution in [2.24, 2.45) is 0 Å². The molecular weight excluding hydrogens is 386 g/mol. The van der Waals surface area contributed by atoms with Crippen molar-refractivity contribution in [2.75, 3.05) is 26.5 Å². The van der Waals surface area contributed by atoms with E-state index < -0.39 is 0 Å². The summed E-state index contributed by atoms with van der Waals surface area (Å²) in [6.07, 6.45) is 0.716. The molecule has 0 unspecified atom stereocenters. The number of hydrogen-bond acceptors (Lipinski definition) is 6. The minimum absolute atomic E-state index is 0.0412. The average molecular weight is 410 g/mol. The van der Waals surface area contributed by atoms with Gasteiger partial charge in [0.2, 0.25) is 5.91 Å². The average Bonchev–Trinajstić information content (AvgIpc) is 2.78. The number of nitrogens with zero attached hydrogens (tertiary/aromatic N) is 2. The van der Waals surface area contributed by atoms with Gasteiger partial charge in [0.25, 0.3) is 0 Å². The number of para-hydroxylation sites is 2. The second-order valence-electron chi connectivity index (χ2n) is 6.16. The van der Waals surface area contributed by atoms with E-state index in [2.05, 4.69) is 15.5 Å². The molecule has 2 aromatic carbocycles. The number of benzene rings is 2. The van der Waals surface area contributed by atoms with Gasteiger partial charge in [-0.2, -0.15) is 0 Å². The van der Waals surface area contributed by atoms with Gasteiger partial charge in [-0.1, -0.05) is 42.1 Å². The molecule has 6 nitrogen and oxygen atoms in total. The molecule has 1 heterocycles. The number of carbonyl (C=O) groups excluding carboxylic acids is 1. The van der Waals surface area contributed by atoms with E-state index in [4.69, 9.17) is 9.47 Å². The predicted molar refractivity (Wildman–Crippen MR) is 114 cm³/mol. The zero-order valence-corrected chi connectivity index (χ0v) is 17.2. The summed E-state index contributed by atoms with van der Waals surface area (Å²) in [7, 11) is 3.28. The lowest BCUT2D eigenvalue weighted by molar-refractivity contribution is -0.118. The third-order valence-electron chi connectivity index (χ3n) is 4.28. The first-order valence-electron chi connectivity index (χ1n) is 9.19. The zero-order chi connectivity index (χ0) is 20.5. The minimum atomic E-state index is -0.0412. The second-order valence-corrected chi connectivity index (χ2v) is 7.15. The van der Waals surface area contributed by atoms with Crippen molar-refractivity contribution in [3.63, 3.8) is 0 Å². The van der Waals surface area contributed by atoms with Crippen LogP contribution in [0.25, 0.3) is 11.3 Å². The van der Waals surface area contributed by atoms with Crippen molar-refractivity contribution >= 4 is 17.7 Å². The smallest absolute Gasteiger partial charge is 0.230 e. The summed E-state index contributed by atoms with van der Waals surface area (Å²) in [5.41, 5.74) is 2.68. The number of hydrogen-bond donors (Lipinski definition) is 1. The Hall–Kier alpha value is -3.06. The van der Waals surface area contributed by atoms with Crippen LogP contribution in [0.1, 0.15) is 5.56 Å². The molecule has 0 radical (unpaired) electrons. The number of methoxy groups -OCH3 is 2. The van der Waals surface area contributed by atoms with Gasteiger partial charge in [0.1, 0.15) is 16.5 Å². The van der Waals surface area contributed by atoms with E-state index in [9.17, 15) is 4.79 Å². The van der Waals surface area contributed by atoms with Crippen molar-refractivity contribution in [3.8, 4) is 22.8 Å². The van der Waals surface area contributed by atoms with Crippen LogP contribution in [0.4, 0.5) is 0 Å². The molecule has 1 N–H and O–H groups in total. The highest BCUT2D eigenvalue weighted by atomic mass is 32.2. The molecule has 0 aliphatic rings. The molecule has 0 atom stereocenters. The van der Waals surface area contributed by atoms with Gasteiger partial charge in [0.15, 0.2) is 0 Å². The summed E-state index contributed by atoms with van der Waals surface area (Å²) in [5, 5.41) is 12.1. The molecular formula is C22H23N3O3S. The molecule has 0 bridgehead atoms. The van der Waals surface area contributed by atoms with Gasteiger partial charge in [0.05, 0.1) is 25.7 Å². The topological polar surface area (TPSA) is 73.3 Å². The highest BCUT2D eigenvalue weighted by Gasteiger charge is 2.09. The van der Waals surface area contributed by atoms with Gasteiger partial charge < -0.3 is 14.8 Å². The van der Waals surface area contributed by atoms with Crippen LogP contribution in [-0.4, -0.2) is 42.6 Å². The third-order valence-corrected chi connectivity index (χ3v) is 5.20. The standard InChI is InChI=1S/C22H23N3O3S/c1-27-19-9-5-3-7-16(19)13-14-23-21(26)15-29-22-12-11-18(24-25-22)17-8-4-6-10-20(17)28-2/h3-12H,13-15H2,1-2H3,(H,23,26). The van der Waals surface area contributed by atoms with Gasteiger partial charge in [-0.25, -0.2) is 0 Å². The fourth-order valence-corrected chi connectivity index (χ4v) is 3.48. The number of thioether (sulfide) groups is 1. The van der Waals surface area contributed by atoms with Gasteiger partial charge in [-0.3, -0.25) is 4.79 Å². The third kappa shape index (κ3) is 5.71. The van der Waals surface area contributed by atoms with Gasteiger partial charge in [0, 0.05) is 12.1 Å². The molecule has 1 amide bonds. The molecule has 0 spiro atoms. The predicted octanol–water partition coefficient (Wildman–Crippen LogP) is 3.61. The lowest BCUT2D eigenvalue weighted by Crippen LogP contribution is -2.27. The Morgan fingerprint density at radius 2 is 1.66 bits per heavy atom. The van der Waals surface area contributed by atoms with E-state index >= 15 is 0 Å². The summed E-state index contributed by atoms with van der Waals surface area (Å²) in [5.74, 6) is 1.83. The first kappa shape index (κ1) is 20.7. The molecule has 0 aliphatic heterocycles. The molecule has 150 valence electrons. The van der Waals surface area contributed by atoms with Crippen LogP contribution in [-0.2, 0) is 11.2 Å². The van der Waals surface area contributed by atoms with E-state index in [0.717, 1.165) is 28.3 Å². The largest absolute Gasteiger partial charge is 0.496 e. The van der Waals surface area contributed by atoms with Crippen molar-refractivity contribution in [3.05, 3.63) is 66.2 Å². The Morgan fingerprint density at radius 1 is 0.931 bits per heavy atom. The number of carbonyl (C=O) groups is 1. The van der Waals surface area contributed by atoms with Crippen molar-refractivity contribution in [1.82, 2.24) is 15.5 Å². The number of aromatic nitrogens is 2. The van der Waals surface area contributed by atoms with E-state index in [1.807, 2.05) is 60.7 Å². The van der Waals surface area contributed by atoms with E-state index in [1.165, 1.54) is 11.8 Å². The van der Waals surface area contributed by atoms with Crippen LogP contribution in [0.15, 0.2) is 65.7 Å². The highest BCUT2D eigenvalue weighted by Crippen LogP contribution is 2.28. The second kappa shape index (κ2) is 10.5. The highest BCUT2D eigenvalue weighted by molar-refractivity contribution is 7.99. The first-order chi connectivity index (χ1) is 14.2. The fraction of sp³-hybridized carbons (Fsp3) is 0.227. The minimum Gasteiger partial charge on any atom is -0.496 e. The zero-order valence-electron chi connectivity index (χ0n) is 16.4. The Morgan fingerprint density at radius 3 is 2.38 bits per heavy atom. The monoisotopic (exact) mass is 409 g/mol. The maximum Gasteiger partial charge on any atom is 0.230 e.